The Kier molecular flexibility index (Phi) is 3.94. The first kappa shape index (κ1) is 13.3. The highest BCUT2D eigenvalue weighted by Crippen LogP contribution is 2.13. The van der Waals surface area contributed by atoms with Gasteiger partial charge in [0, 0.05) is 19.7 Å². The van der Waals surface area contributed by atoms with Crippen LogP contribution >= 0.6 is 0 Å². The number of fused-ring (bicyclic) bond motifs is 1. The molecule has 0 fully saturated rings. The summed E-state index contributed by atoms with van der Waals surface area (Å²) in [5.74, 6) is 0.302. The smallest absolute Gasteiger partial charge is 0.280 e. The number of benzene rings is 1. The fourth-order valence-corrected chi connectivity index (χ4v) is 1.99. The molecule has 0 unspecified atom stereocenters. The van der Waals surface area contributed by atoms with Crippen molar-refractivity contribution < 1.29 is 0 Å². The van der Waals surface area contributed by atoms with Gasteiger partial charge in [0.2, 0.25) is 0 Å². The first-order chi connectivity index (χ1) is 9.17. The molecule has 19 heavy (non-hydrogen) atoms. The molecule has 0 atom stereocenters. The SMILES string of the molecule is CCCCc1nc(=O)c2cc(C=NC)ccc2n1[O-]. The van der Waals surface area contributed by atoms with Crippen LogP contribution in [0, 0.1) is 5.21 Å². The zero-order valence-electron chi connectivity index (χ0n) is 11.1. The maximum Gasteiger partial charge on any atom is 0.280 e. The van der Waals surface area contributed by atoms with E-state index in [1.165, 1.54) is 0 Å². The Hall–Kier alpha value is -2.17. The molecule has 0 aliphatic carbocycles. The minimum Gasteiger partial charge on any atom is -0.804 e. The second kappa shape index (κ2) is 5.65. The molecule has 1 aromatic heterocycles. The highest BCUT2D eigenvalue weighted by Gasteiger charge is 2.06. The number of unbranched alkanes of at least 4 members (excludes halogenated alkanes) is 1. The Bertz CT molecular complexity index is 674. The molecule has 1 heterocycles. The van der Waals surface area contributed by atoms with Gasteiger partial charge < -0.3 is 9.94 Å². The molecule has 0 spiro atoms. The van der Waals surface area contributed by atoms with Gasteiger partial charge in [0.15, 0.2) is 0 Å². The van der Waals surface area contributed by atoms with E-state index in [9.17, 15) is 10.0 Å². The Morgan fingerprint density at radius 2 is 2.26 bits per heavy atom. The molecular weight excluding hydrogens is 242 g/mol. The first-order valence-corrected chi connectivity index (χ1v) is 6.32. The molecule has 5 heteroatoms. The van der Waals surface area contributed by atoms with Gasteiger partial charge in [-0.3, -0.25) is 9.79 Å². The van der Waals surface area contributed by atoms with Crippen molar-refractivity contribution in [3.05, 3.63) is 45.1 Å². The zero-order valence-corrected chi connectivity index (χ0v) is 11.1. The quantitative estimate of drug-likeness (QED) is 0.789. The summed E-state index contributed by atoms with van der Waals surface area (Å²) in [6.07, 6.45) is 3.98. The average molecular weight is 258 g/mol. The van der Waals surface area contributed by atoms with Gasteiger partial charge in [-0.2, -0.15) is 4.98 Å². The van der Waals surface area contributed by atoms with Crippen molar-refractivity contribution in [1.82, 2.24) is 9.71 Å². The van der Waals surface area contributed by atoms with Gasteiger partial charge >= 0.3 is 0 Å². The molecule has 0 saturated heterocycles. The third-order valence-corrected chi connectivity index (χ3v) is 2.97. The van der Waals surface area contributed by atoms with Gasteiger partial charge in [0.05, 0.1) is 10.9 Å². The zero-order chi connectivity index (χ0) is 13.8. The van der Waals surface area contributed by atoms with Gasteiger partial charge in [-0.05, 0) is 24.1 Å². The third kappa shape index (κ3) is 2.65. The van der Waals surface area contributed by atoms with Crippen LogP contribution in [0.1, 0.15) is 31.2 Å². The highest BCUT2D eigenvalue weighted by atomic mass is 16.5. The van der Waals surface area contributed by atoms with Crippen LogP contribution in [-0.2, 0) is 6.42 Å². The van der Waals surface area contributed by atoms with Crippen LogP contribution in [0.2, 0.25) is 0 Å². The molecule has 2 rings (SSSR count). The van der Waals surface area contributed by atoms with Crippen molar-refractivity contribution in [2.24, 2.45) is 4.99 Å². The largest absolute Gasteiger partial charge is 0.804 e. The van der Waals surface area contributed by atoms with Crippen molar-refractivity contribution in [3.63, 3.8) is 0 Å². The minimum atomic E-state index is -0.348. The van der Waals surface area contributed by atoms with Gasteiger partial charge in [-0.1, -0.05) is 19.4 Å². The summed E-state index contributed by atoms with van der Waals surface area (Å²) in [7, 11) is 1.65. The van der Waals surface area contributed by atoms with Crippen LogP contribution in [0.4, 0.5) is 0 Å². The Morgan fingerprint density at radius 3 is 2.95 bits per heavy atom. The lowest BCUT2D eigenvalue weighted by Gasteiger charge is -2.19. The molecule has 5 nitrogen and oxygen atoms in total. The van der Waals surface area contributed by atoms with Crippen LogP contribution in [0.15, 0.2) is 28.0 Å². The van der Waals surface area contributed by atoms with E-state index in [1.807, 2.05) is 6.92 Å². The molecule has 0 N–H and O–H groups in total. The van der Waals surface area contributed by atoms with Crippen molar-refractivity contribution in [3.8, 4) is 0 Å². The van der Waals surface area contributed by atoms with Crippen LogP contribution < -0.4 is 5.56 Å². The Morgan fingerprint density at radius 1 is 1.47 bits per heavy atom. The monoisotopic (exact) mass is 258 g/mol. The number of aliphatic imine (C=N–C) groups is 1. The van der Waals surface area contributed by atoms with Crippen molar-refractivity contribution in [1.29, 1.82) is 0 Å². The average Bonchev–Trinajstić information content (AvgIpc) is 2.41. The Labute approximate surface area is 111 Å². The van der Waals surface area contributed by atoms with Crippen LogP contribution in [-0.4, -0.2) is 23.0 Å². The fraction of sp³-hybridized carbons (Fsp3) is 0.357. The van der Waals surface area contributed by atoms with Crippen LogP contribution in [0.5, 0.6) is 0 Å². The number of rotatable bonds is 4. The summed E-state index contributed by atoms with van der Waals surface area (Å²) in [4.78, 5) is 19.7. The number of aromatic nitrogens is 2. The summed E-state index contributed by atoms with van der Waals surface area (Å²) in [5.41, 5.74) is 0.814. The molecule has 0 bridgehead atoms. The van der Waals surface area contributed by atoms with E-state index in [2.05, 4.69) is 9.98 Å². The molecule has 0 radical (unpaired) electrons. The van der Waals surface area contributed by atoms with Crippen LogP contribution in [0.25, 0.3) is 10.9 Å². The lowest BCUT2D eigenvalue weighted by Crippen LogP contribution is -2.16. The number of aryl methyl sites for hydroxylation is 1. The van der Waals surface area contributed by atoms with E-state index in [0.29, 0.717) is 23.1 Å². The Balaban J connectivity index is 2.60. The molecule has 0 saturated carbocycles. The molecule has 1 aromatic carbocycles. The van der Waals surface area contributed by atoms with Gasteiger partial charge in [0.25, 0.3) is 5.56 Å². The molecule has 0 aliphatic heterocycles. The van der Waals surface area contributed by atoms with E-state index in [1.54, 1.807) is 31.5 Å². The summed E-state index contributed by atoms with van der Waals surface area (Å²) in [6, 6.07) is 5.07. The molecular formula is C14H16N3O2-. The molecule has 0 amide bonds. The summed E-state index contributed by atoms with van der Waals surface area (Å²) in [6.45, 7) is 2.03. The van der Waals surface area contributed by atoms with Crippen molar-refractivity contribution >= 4 is 17.1 Å². The third-order valence-electron chi connectivity index (χ3n) is 2.97. The second-order valence-corrected chi connectivity index (χ2v) is 4.39. The van der Waals surface area contributed by atoms with E-state index in [4.69, 9.17) is 0 Å². The lowest BCUT2D eigenvalue weighted by atomic mass is 10.1. The van der Waals surface area contributed by atoms with Crippen molar-refractivity contribution in [2.45, 2.75) is 26.2 Å². The first-order valence-electron chi connectivity index (χ1n) is 6.32. The van der Waals surface area contributed by atoms with Crippen LogP contribution in [0.3, 0.4) is 0 Å². The molecule has 100 valence electrons. The van der Waals surface area contributed by atoms with Gasteiger partial charge in [-0.15, -0.1) is 0 Å². The summed E-state index contributed by atoms with van der Waals surface area (Å²) in [5, 5.41) is 12.5. The molecule has 2 aromatic rings. The standard InChI is InChI=1S/C14H16N3O2/c1-3-4-5-13-16-14(18)11-8-10(9-15-2)6-7-12(11)17(13)19/h6-9H,3-5H2,1-2H3/q-1. The number of nitrogens with zero attached hydrogens (tertiary/aromatic N) is 3. The minimum absolute atomic E-state index is 0.302. The van der Waals surface area contributed by atoms with Crippen molar-refractivity contribution in [2.75, 3.05) is 7.05 Å². The maximum atomic E-state index is 12.1. The predicted molar refractivity (Wildman–Crippen MR) is 76.9 cm³/mol. The van der Waals surface area contributed by atoms with E-state index >= 15 is 0 Å². The highest BCUT2D eigenvalue weighted by molar-refractivity contribution is 5.88. The van der Waals surface area contributed by atoms with Gasteiger partial charge in [-0.25, -0.2) is 0 Å². The van der Waals surface area contributed by atoms with E-state index in [0.717, 1.165) is 23.1 Å². The number of hydrogen-bond acceptors (Lipinski definition) is 4. The summed E-state index contributed by atoms with van der Waals surface area (Å²) >= 11 is 0. The predicted octanol–water partition coefficient (Wildman–Crippen LogP) is 2.13. The van der Waals surface area contributed by atoms with E-state index < -0.39 is 0 Å². The van der Waals surface area contributed by atoms with Gasteiger partial charge in [0.1, 0.15) is 5.82 Å². The lowest BCUT2D eigenvalue weighted by molar-refractivity contribution is 0.728. The second-order valence-electron chi connectivity index (χ2n) is 4.39. The fourth-order valence-electron chi connectivity index (χ4n) is 1.99. The maximum absolute atomic E-state index is 12.1. The number of hydrogen-bond donors (Lipinski definition) is 0. The summed E-state index contributed by atoms with van der Waals surface area (Å²) < 4.78 is 0.763. The van der Waals surface area contributed by atoms with E-state index in [-0.39, 0.29) is 5.56 Å². The molecule has 0 aliphatic rings. The normalized spacial score (nSPS) is 11.5. The topological polar surface area (TPSA) is 70.3 Å².